The normalized spacial score (nSPS) is 16.9. The summed E-state index contributed by atoms with van der Waals surface area (Å²) >= 11 is 1.39. The molecule has 20 heavy (non-hydrogen) atoms. The van der Waals surface area contributed by atoms with Crippen molar-refractivity contribution in [3.05, 3.63) is 15.8 Å². The molecule has 0 saturated heterocycles. The number of sulfonamides is 1. The first-order chi connectivity index (χ1) is 9.54. The molecule has 0 bridgehead atoms. The molecular formula is C13H22N2O3S2. The Bertz CT molecular complexity index is 534. The fourth-order valence-corrected chi connectivity index (χ4v) is 5.23. The molecule has 1 aromatic heterocycles. The van der Waals surface area contributed by atoms with Crippen LogP contribution in [0.5, 0.6) is 0 Å². The lowest BCUT2D eigenvalue weighted by atomic mass is 10.3. The minimum Gasteiger partial charge on any atom is -0.377 e. The minimum absolute atomic E-state index is 0.243. The molecule has 5 nitrogen and oxygen atoms in total. The van der Waals surface area contributed by atoms with Gasteiger partial charge >= 0.3 is 0 Å². The van der Waals surface area contributed by atoms with Crippen molar-refractivity contribution in [3.63, 3.8) is 0 Å². The summed E-state index contributed by atoms with van der Waals surface area (Å²) < 4.78 is 32.8. The van der Waals surface area contributed by atoms with E-state index in [9.17, 15) is 8.42 Å². The molecule has 0 amide bonds. The van der Waals surface area contributed by atoms with Crippen molar-refractivity contribution in [2.45, 2.75) is 50.2 Å². The van der Waals surface area contributed by atoms with E-state index in [1.54, 1.807) is 6.92 Å². The van der Waals surface area contributed by atoms with Gasteiger partial charge in [0.05, 0.1) is 12.7 Å². The van der Waals surface area contributed by atoms with Gasteiger partial charge in [-0.3, -0.25) is 0 Å². The van der Waals surface area contributed by atoms with Crippen LogP contribution in [0.1, 0.15) is 36.1 Å². The SMILES string of the molecule is Cc1csc(CN)c1S(=O)(=O)NCCOC1CCCC1. The Morgan fingerprint density at radius 2 is 2.15 bits per heavy atom. The van der Waals surface area contributed by atoms with Crippen LogP contribution in [0.15, 0.2) is 10.3 Å². The van der Waals surface area contributed by atoms with Gasteiger partial charge in [-0.1, -0.05) is 12.8 Å². The van der Waals surface area contributed by atoms with Crippen molar-refractivity contribution in [2.24, 2.45) is 5.73 Å². The van der Waals surface area contributed by atoms with Gasteiger partial charge in [-0.05, 0) is 30.7 Å². The van der Waals surface area contributed by atoms with Crippen LogP contribution >= 0.6 is 11.3 Å². The summed E-state index contributed by atoms with van der Waals surface area (Å²) in [6.07, 6.45) is 4.91. The molecule has 3 N–H and O–H groups in total. The summed E-state index contributed by atoms with van der Waals surface area (Å²) in [5.74, 6) is 0. The van der Waals surface area contributed by atoms with Gasteiger partial charge in [0, 0.05) is 18.0 Å². The smallest absolute Gasteiger partial charge is 0.242 e. The van der Waals surface area contributed by atoms with Gasteiger partial charge in [0.2, 0.25) is 10.0 Å². The van der Waals surface area contributed by atoms with Gasteiger partial charge in [-0.25, -0.2) is 13.1 Å². The average Bonchev–Trinajstić information content (AvgIpc) is 3.03. The Morgan fingerprint density at radius 3 is 2.80 bits per heavy atom. The monoisotopic (exact) mass is 318 g/mol. The predicted molar refractivity (Wildman–Crippen MR) is 80.3 cm³/mol. The second-order valence-electron chi connectivity index (χ2n) is 5.05. The summed E-state index contributed by atoms with van der Waals surface area (Å²) in [6, 6.07) is 0. The Kier molecular flexibility index (Phi) is 5.57. The number of rotatable bonds is 7. The summed E-state index contributed by atoms with van der Waals surface area (Å²) in [4.78, 5) is 1.04. The van der Waals surface area contributed by atoms with Crippen LogP contribution in [0.2, 0.25) is 0 Å². The van der Waals surface area contributed by atoms with Gasteiger partial charge in [0.25, 0.3) is 0 Å². The number of thiophene rings is 1. The molecule has 0 aromatic carbocycles. The van der Waals surface area contributed by atoms with Crippen molar-refractivity contribution in [1.82, 2.24) is 4.72 Å². The van der Waals surface area contributed by atoms with Gasteiger partial charge < -0.3 is 10.5 Å². The summed E-state index contributed by atoms with van der Waals surface area (Å²) in [5.41, 5.74) is 6.34. The molecule has 2 rings (SSSR count). The third kappa shape index (κ3) is 3.79. The molecule has 0 aliphatic heterocycles. The molecule has 1 saturated carbocycles. The molecule has 1 heterocycles. The Morgan fingerprint density at radius 1 is 1.45 bits per heavy atom. The molecule has 0 spiro atoms. The van der Waals surface area contributed by atoms with E-state index >= 15 is 0 Å². The van der Waals surface area contributed by atoms with Crippen LogP contribution in [0, 0.1) is 6.92 Å². The van der Waals surface area contributed by atoms with Crippen LogP contribution in [0.3, 0.4) is 0 Å². The van der Waals surface area contributed by atoms with Crippen molar-refractivity contribution in [1.29, 1.82) is 0 Å². The topological polar surface area (TPSA) is 81.4 Å². The van der Waals surface area contributed by atoms with E-state index in [2.05, 4.69) is 4.72 Å². The largest absolute Gasteiger partial charge is 0.377 e. The number of aryl methyl sites for hydroxylation is 1. The number of nitrogens with one attached hydrogen (secondary N) is 1. The van der Waals surface area contributed by atoms with Crippen molar-refractivity contribution >= 4 is 21.4 Å². The first-order valence-corrected chi connectivity index (χ1v) is 9.29. The highest BCUT2D eigenvalue weighted by atomic mass is 32.2. The molecule has 1 aliphatic carbocycles. The Balaban J connectivity index is 1.88. The highest BCUT2D eigenvalue weighted by Crippen LogP contribution is 2.26. The van der Waals surface area contributed by atoms with Gasteiger partial charge in [-0.15, -0.1) is 11.3 Å². The van der Waals surface area contributed by atoms with Crippen LogP contribution in [0.25, 0.3) is 0 Å². The minimum atomic E-state index is -3.49. The van der Waals surface area contributed by atoms with Gasteiger partial charge in [0.1, 0.15) is 4.90 Å². The van der Waals surface area contributed by atoms with Gasteiger partial charge in [-0.2, -0.15) is 0 Å². The number of hydrogen-bond donors (Lipinski definition) is 2. The molecule has 0 atom stereocenters. The molecule has 7 heteroatoms. The molecule has 1 aromatic rings. The quantitative estimate of drug-likeness (QED) is 0.751. The zero-order valence-corrected chi connectivity index (χ0v) is 13.4. The van der Waals surface area contributed by atoms with E-state index < -0.39 is 10.0 Å². The van der Waals surface area contributed by atoms with Crippen LogP contribution in [-0.2, 0) is 21.3 Å². The molecule has 0 unspecified atom stereocenters. The fourth-order valence-electron chi connectivity index (χ4n) is 2.52. The van der Waals surface area contributed by atoms with Crippen molar-refractivity contribution in [3.8, 4) is 0 Å². The highest BCUT2D eigenvalue weighted by Gasteiger charge is 2.22. The van der Waals surface area contributed by atoms with Crippen molar-refractivity contribution < 1.29 is 13.2 Å². The van der Waals surface area contributed by atoms with E-state index in [0.29, 0.717) is 29.0 Å². The van der Waals surface area contributed by atoms with Crippen LogP contribution in [-0.4, -0.2) is 27.7 Å². The number of nitrogens with two attached hydrogens (primary N) is 1. The summed E-state index contributed by atoms with van der Waals surface area (Å²) in [6.45, 7) is 2.76. The first-order valence-electron chi connectivity index (χ1n) is 6.93. The van der Waals surface area contributed by atoms with E-state index in [-0.39, 0.29) is 6.54 Å². The highest BCUT2D eigenvalue weighted by molar-refractivity contribution is 7.89. The fraction of sp³-hybridized carbons (Fsp3) is 0.692. The second kappa shape index (κ2) is 7.00. The van der Waals surface area contributed by atoms with Crippen LogP contribution < -0.4 is 10.5 Å². The molecule has 0 radical (unpaired) electrons. The lowest BCUT2D eigenvalue weighted by Gasteiger charge is -2.12. The van der Waals surface area contributed by atoms with Gasteiger partial charge in [0.15, 0.2) is 0 Å². The molecule has 1 aliphatic rings. The third-order valence-corrected chi connectivity index (χ3v) is 6.44. The lowest BCUT2D eigenvalue weighted by Crippen LogP contribution is -2.29. The second-order valence-corrected chi connectivity index (χ2v) is 7.72. The van der Waals surface area contributed by atoms with Crippen molar-refractivity contribution in [2.75, 3.05) is 13.2 Å². The molecule has 114 valence electrons. The van der Waals surface area contributed by atoms with E-state index in [0.717, 1.165) is 18.4 Å². The van der Waals surface area contributed by atoms with E-state index in [4.69, 9.17) is 10.5 Å². The third-order valence-electron chi connectivity index (χ3n) is 3.49. The van der Waals surface area contributed by atoms with Crippen LogP contribution in [0.4, 0.5) is 0 Å². The Hall–Kier alpha value is -0.470. The first kappa shape index (κ1) is 15.9. The zero-order valence-electron chi connectivity index (χ0n) is 11.7. The zero-order chi connectivity index (χ0) is 14.6. The maximum absolute atomic E-state index is 12.3. The number of hydrogen-bond acceptors (Lipinski definition) is 5. The predicted octanol–water partition coefficient (Wildman–Crippen LogP) is 1.75. The Labute approximate surface area is 124 Å². The van der Waals surface area contributed by atoms with E-state index in [1.165, 1.54) is 24.2 Å². The lowest BCUT2D eigenvalue weighted by molar-refractivity contribution is 0.0626. The maximum atomic E-state index is 12.3. The summed E-state index contributed by atoms with van der Waals surface area (Å²) in [7, 11) is -3.49. The maximum Gasteiger partial charge on any atom is 0.242 e. The van der Waals surface area contributed by atoms with E-state index in [1.807, 2.05) is 5.38 Å². The summed E-state index contributed by atoms with van der Waals surface area (Å²) in [5, 5.41) is 1.83. The standard InChI is InChI=1S/C13H22N2O3S2/c1-10-9-19-12(8-14)13(10)20(16,17)15-6-7-18-11-4-2-3-5-11/h9,11,15H,2-8,14H2,1H3. The molecule has 1 fully saturated rings. The molecular weight excluding hydrogens is 296 g/mol. The number of ether oxygens (including phenoxy) is 1. The average molecular weight is 318 g/mol.